The topological polar surface area (TPSA) is 85.4 Å². The van der Waals surface area contributed by atoms with Crippen LogP contribution in [-0.4, -0.2) is 69.5 Å². The highest BCUT2D eigenvalue weighted by molar-refractivity contribution is 7.89. The number of benzene rings is 2. The second-order valence-electron chi connectivity index (χ2n) is 7.72. The first-order chi connectivity index (χ1) is 16.0. The molecule has 0 unspecified atom stereocenters. The monoisotopic (exact) mass is 472 g/mol. The Morgan fingerprint density at radius 2 is 1.70 bits per heavy atom. The van der Waals surface area contributed by atoms with Gasteiger partial charge in [-0.15, -0.1) is 0 Å². The summed E-state index contributed by atoms with van der Waals surface area (Å²) in [6.45, 7) is 4.78. The van der Waals surface area contributed by atoms with Crippen LogP contribution in [0.2, 0.25) is 0 Å². The van der Waals surface area contributed by atoms with Crippen molar-refractivity contribution in [3.63, 3.8) is 0 Å². The van der Waals surface area contributed by atoms with E-state index in [4.69, 9.17) is 14.2 Å². The van der Waals surface area contributed by atoms with E-state index in [9.17, 15) is 13.2 Å². The Morgan fingerprint density at radius 1 is 1.00 bits per heavy atom. The molecule has 2 aromatic carbocycles. The fourth-order valence-corrected chi connectivity index (χ4v) is 5.15. The third-order valence-corrected chi connectivity index (χ3v) is 7.43. The van der Waals surface area contributed by atoms with E-state index in [2.05, 4.69) is 0 Å². The van der Waals surface area contributed by atoms with Crippen molar-refractivity contribution in [2.45, 2.75) is 18.2 Å². The number of ether oxygens (including phenoxy) is 3. The average Bonchev–Trinajstić information content (AvgIpc) is 3.08. The normalized spacial score (nSPS) is 17.1. The number of amides is 1. The molecular formula is C24H28N2O6S. The Kier molecular flexibility index (Phi) is 7.20. The average molecular weight is 473 g/mol. The van der Waals surface area contributed by atoms with Crippen LogP contribution >= 0.6 is 0 Å². The van der Waals surface area contributed by atoms with Crippen LogP contribution in [-0.2, 0) is 14.8 Å². The van der Waals surface area contributed by atoms with Crippen LogP contribution in [0.5, 0.6) is 17.2 Å². The van der Waals surface area contributed by atoms with Gasteiger partial charge in [-0.2, -0.15) is 4.31 Å². The lowest BCUT2D eigenvalue weighted by Crippen LogP contribution is -2.50. The van der Waals surface area contributed by atoms with Gasteiger partial charge in [-0.25, -0.2) is 8.42 Å². The van der Waals surface area contributed by atoms with Crippen molar-refractivity contribution < 1.29 is 27.4 Å². The van der Waals surface area contributed by atoms with E-state index >= 15 is 0 Å². The summed E-state index contributed by atoms with van der Waals surface area (Å²) >= 11 is 0. The van der Waals surface area contributed by atoms with Gasteiger partial charge in [0, 0.05) is 38.7 Å². The van der Waals surface area contributed by atoms with Crippen molar-refractivity contribution >= 4 is 22.0 Å². The van der Waals surface area contributed by atoms with E-state index in [0.29, 0.717) is 50.2 Å². The number of rotatable bonds is 6. The highest BCUT2D eigenvalue weighted by Crippen LogP contribution is 2.30. The summed E-state index contributed by atoms with van der Waals surface area (Å²) in [5.74, 6) is 1.86. The molecule has 2 heterocycles. The zero-order valence-electron chi connectivity index (χ0n) is 18.6. The van der Waals surface area contributed by atoms with Crippen molar-refractivity contribution in [2.24, 2.45) is 0 Å². The van der Waals surface area contributed by atoms with Gasteiger partial charge in [-0.3, -0.25) is 4.79 Å². The SMILES string of the molecule is CCOc1ccc(S(=O)(=O)N2CCN(C(=O)C=Cc3ccc4c(c3)OCCCO4)CC2)cc1. The van der Waals surface area contributed by atoms with Crippen molar-refractivity contribution in [3.8, 4) is 17.2 Å². The Labute approximate surface area is 194 Å². The van der Waals surface area contributed by atoms with Crippen LogP contribution in [0, 0.1) is 0 Å². The van der Waals surface area contributed by atoms with Gasteiger partial charge < -0.3 is 19.1 Å². The molecule has 0 spiro atoms. The number of hydrogen-bond donors (Lipinski definition) is 0. The Hall–Kier alpha value is -3.04. The minimum Gasteiger partial charge on any atom is -0.494 e. The smallest absolute Gasteiger partial charge is 0.246 e. The molecular weight excluding hydrogens is 444 g/mol. The van der Waals surface area contributed by atoms with Gasteiger partial charge in [0.15, 0.2) is 11.5 Å². The van der Waals surface area contributed by atoms with Crippen LogP contribution in [0.3, 0.4) is 0 Å². The zero-order valence-corrected chi connectivity index (χ0v) is 19.4. The van der Waals surface area contributed by atoms with Gasteiger partial charge in [0.2, 0.25) is 15.9 Å². The molecule has 2 aromatic rings. The molecule has 1 saturated heterocycles. The summed E-state index contributed by atoms with van der Waals surface area (Å²) in [4.78, 5) is 14.5. The fourth-order valence-electron chi connectivity index (χ4n) is 3.73. The van der Waals surface area contributed by atoms with E-state index in [1.165, 1.54) is 10.4 Å². The maximum Gasteiger partial charge on any atom is 0.246 e. The molecule has 33 heavy (non-hydrogen) atoms. The predicted octanol–water partition coefficient (Wildman–Crippen LogP) is 2.79. The molecule has 1 amide bonds. The van der Waals surface area contributed by atoms with E-state index < -0.39 is 10.0 Å². The van der Waals surface area contributed by atoms with Crippen LogP contribution in [0.1, 0.15) is 18.9 Å². The second-order valence-corrected chi connectivity index (χ2v) is 9.66. The van der Waals surface area contributed by atoms with Crippen LogP contribution in [0.15, 0.2) is 53.4 Å². The van der Waals surface area contributed by atoms with Crippen molar-refractivity contribution in [1.29, 1.82) is 0 Å². The number of carbonyl (C=O) groups is 1. The lowest BCUT2D eigenvalue weighted by molar-refractivity contribution is -0.127. The van der Waals surface area contributed by atoms with E-state index in [1.807, 2.05) is 25.1 Å². The molecule has 0 bridgehead atoms. The highest BCUT2D eigenvalue weighted by atomic mass is 32.2. The number of hydrogen-bond acceptors (Lipinski definition) is 6. The first kappa shape index (κ1) is 23.1. The highest BCUT2D eigenvalue weighted by Gasteiger charge is 2.29. The van der Waals surface area contributed by atoms with Crippen LogP contribution < -0.4 is 14.2 Å². The number of fused-ring (bicyclic) bond motifs is 1. The Bertz CT molecular complexity index is 1110. The number of sulfonamides is 1. The van der Waals surface area contributed by atoms with Gasteiger partial charge in [-0.1, -0.05) is 6.07 Å². The van der Waals surface area contributed by atoms with Crippen LogP contribution in [0.4, 0.5) is 0 Å². The summed E-state index contributed by atoms with van der Waals surface area (Å²) < 4.78 is 44.0. The van der Waals surface area contributed by atoms with Gasteiger partial charge in [0.1, 0.15) is 5.75 Å². The van der Waals surface area contributed by atoms with Crippen molar-refractivity contribution in [2.75, 3.05) is 46.0 Å². The third-order valence-electron chi connectivity index (χ3n) is 5.51. The molecule has 4 rings (SSSR count). The molecule has 9 heteroatoms. The number of nitrogens with zero attached hydrogens (tertiary/aromatic N) is 2. The largest absolute Gasteiger partial charge is 0.494 e. The molecule has 0 radical (unpaired) electrons. The van der Waals surface area contributed by atoms with Gasteiger partial charge in [0.05, 0.1) is 24.7 Å². The molecule has 176 valence electrons. The van der Waals surface area contributed by atoms with Gasteiger partial charge in [0.25, 0.3) is 0 Å². The van der Waals surface area contributed by atoms with Gasteiger partial charge in [-0.05, 0) is 55.0 Å². The quantitative estimate of drug-likeness (QED) is 0.601. The summed E-state index contributed by atoms with van der Waals surface area (Å²) in [7, 11) is -3.61. The molecule has 1 fully saturated rings. The lowest BCUT2D eigenvalue weighted by atomic mass is 10.2. The summed E-state index contributed by atoms with van der Waals surface area (Å²) in [5, 5.41) is 0. The maximum absolute atomic E-state index is 12.9. The number of carbonyl (C=O) groups excluding carboxylic acids is 1. The first-order valence-electron chi connectivity index (χ1n) is 11.1. The molecule has 0 aromatic heterocycles. The second kappa shape index (κ2) is 10.3. The number of piperazine rings is 1. The molecule has 0 N–H and O–H groups in total. The standard InChI is InChI=1S/C24H28N2O6S/c1-2-30-20-6-8-21(9-7-20)33(28,29)26-14-12-25(13-15-26)24(27)11-5-19-4-10-22-23(18-19)32-17-3-16-31-22/h4-11,18H,2-3,12-17H2,1H3. The minimum atomic E-state index is -3.61. The Balaban J connectivity index is 1.34. The predicted molar refractivity (Wildman–Crippen MR) is 124 cm³/mol. The molecule has 0 saturated carbocycles. The molecule has 8 nitrogen and oxygen atoms in total. The van der Waals surface area contributed by atoms with E-state index in [1.54, 1.807) is 35.2 Å². The molecule has 2 aliphatic heterocycles. The van der Waals surface area contributed by atoms with Crippen LogP contribution in [0.25, 0.3) is 6.08 Å². The third kappa shape index (κ3) is 5.48. The molecule has 0 atom stereocenters. The maximum atomic E-state index is 12.9. The minimum absolute atomic E-state index is 0.153. The van der Waals surface area contributed by atoms with Crippen molar-refractivity contribution in [1.82, 2.24) is 9.21 Å². The Morgan fingerprint density at radius 3 is 2.39 bits per heavy atom. The molecule has 2 aliphatic rings. The first-order valence-corrected chi connectivity index (χ1v) is 12.5. The summed E-state index contributed by atoms with van der Waals surface area (Å²) in [6.07, 6.45) is 4.08. The zero-order chi connectivity index (χ0) is 23.3. The van der Waals surface area contributed by atoms with E-state index in [-0.39, 0.29) is 23.9 Å². The lowest BCUT2D eigenvalue weighted by Gasteiger charge is -2.33. The molecule has 0 aliphatic carbocycles. The summed E-state index contributed by atoms with van der Waals surface area (Å²) in [5.41, 5.74) is 0.837. The summed E-state index contributed by atoms with van der Waals surface area (Å²) in [6, 6.07) is 12.0. The van der Waals surface area contributed by atoms with Crippen molar-refractivity contribution in [3.05, 3.63) is 54.1 Å². The van der Waals surface area contributed by atoms with E-state index in [0.717, 1.165) is 12.0 Å². The van der Waals surface area contributed by atoms with Gasteiger partial charge >= 0.3 is 0 Å². The fraction of sp³-hybridized carbons (Fsp3) is 0.375.